The summed E-state index contributed by atoms with van der Waals surface area (Å²) in [6.45, 7) is 7.10. The van der Waals surface area contributed by atoms with Gasteiger partial charge in [0, 0.05) is 19.6 Å². The van der Waals surface area contributed by atoms with Crippen LogP contribution in [0, 0.1) is 5.92 Å². The van der Waals surface area contributed by atoms with E-state index in [1.165, 1.54) is 32.1 Å². The van der Waals surface area contributed by atoms with Crippen molar-refractivity contribution in [3.05, 3.63) is 0 Å². The van der Waals surface area contributed by atoms with Gasteiger partial charge in [-0.1, -0.05) is 19.8 Å². The van der Waals surface area contributed by atoms with Crippen LogP contribution in [0.2, 0.25) is 0 Å². The van der Waals surface area contributed by atoms with Crippen molar-refractivity contribution in [2.75, 3.05) is 37.0 Å². The maximum atomic E-state index is 5.19. The SMILES string of the molecule is CCCC1CCCN(c2nc(NCC)nc(OC)n2)CC1. The van der Waals surface area contributed by atoms with Crippen molar-refractivity contribution in [2.45, 2.75) is 46.0 Å². The molecule has 1 unspecified atom stereocenters. The Hall–Kier alpha value is -1.59. The lowest BCUT2D eigenvalue weighted by atomic mass is 9.96. The molecule has 21 heavy (non-hydrogen) atoms. The summed E-state index contributed by atoms with van der Waals surface area (Å²) in [6, 6.07) is 0.380. The molecule has 1 aliphatic heterocycles. The minimum atomic E-state index is 0.380. The van der Waals surface area contributed by atoms with Crippen molar-refractivity contribution in [3.63, 3.8) is 0 Å². The molecule has 1 N–H and O–H groups in total. The quantitative estimate of drug-likeness (QED) is 0.870. The number of ether oxygens (including phenoxy) is 1. The van der Waals surface area contributed by atoms with Gasteiger partial charge in [0.05, 0.1) is 7.11 Å². The summed E-state index contributed by atoms with van der Waals surface area (Å²) in [6.07, 6.45) is 6.34. The third kappa shape index (κ3) is 4.44. The molecule has 0 aromatic carbocycles. The first kappa shape index (κ1) is 15.8. The maximum Gasteiger partial charge on any atom is 0.322 e. The highest BCUT2D eigenvalue weighted by Gasteiger charge is 2.19. The van der Waals surface area contributed by atoms with Gasteiger partial charge in [0.2, 0.25) is 11.9 Å². The highest BCUT2D eigenvalue weighted by atomic mass is 16.5. The van der Waals surface area contributed by atoms with Gasteiger partial charge in [0.15, 0.2) is 0 Å². The Labute approximate surface area is 127 Å². The fraction of sp³-hybridized carbons (Fsp3) is 0.800. The molecule has 118 valence electrons. The molecule has 6 nitrogen and oxygen atoms in total. The van der Waals surface area contributed by atoms with Gasteiger partial charge in [-0.15, -0.1) is 0 Å². The number of nitrogens with one attached hydrogen (secondary N) is 1. The van der Waals surface area contributed by atoms with E-state index in [2.05, 4.69) is 32.1 Å². The van der Waals surface area contributed by atoms with Gasteiger partial charge < -0.3 is 15.0 Å². The Morgan fingerprint density at radius 1 is 1.19 bits per heavy atom. The number of hydrogen-bond donors (Lipinski definition) is 1. The van der Waals surface area contributed by atoms with Crippen LogP contribution >= 0.6 is 0 Å². The molecule has 0 amide bonds. The van der Waals surface area contributed by atoms with E-state index in [9.17, 15) is 0 Å². The normalized spacial score (nSPS) is 19.2. The Morgan fingerprint density at radius 3 is 2.76 bits per heavy atom. The molecule has 0 radical (unpaired) electrons. The average Bonchev–Trinajstić information content (AvgIpc) is 2.73. The standard InChI is InChI=1S/C15H27N5O/c1-4-7-12-8-6-10-20(11-9-12)14-17-13(16-5-2)18-15(19-14)21-3/h12H,4-11H2,1-3H3,(H,16,17,18,19). The van der Waals surface area contributed by atoms with E-state index in [0.29, 0.717) is 12.0 Å². The monoisotopic (exact) mass is 293 g/mol. The summed E-state index contributed by atoms with van der Waals surface area (Å²) >= 11 is 0. The van der Waals surface area contributed by atoms with Crippen molar-refractivity contribution in [1.82, 2.24) is 15.0 Å². The molecule has 0 bridgehead atoms. The molecule has 6 heteroatoms. The largest absolute Gasteiger partial charge is 0.467 e. The van der Waals surface area contributed by atoms with Gasteiger partial charge in [0.1, 0.15) is 0 Å². The van der Waals surface area contributed by atoms with Gasteiger partial charge in [0.25, 0.3) is 0 Å². The van der Waals surface area contributed by atoms with Crippen LogP contribution in [0.1, 0.15) is 46.0 Å². The Balaban J connectivity index is 2.11. The van der Waals surface area contributed by atoms with E-state index >= 15 is 0 Å². The van der Waals surface area contributed by atoms with Gasteiger partial charge >= 0.3 is 6.01 Å². The molecular formula is C15H27N5O. The van der Waals surface area contributed by atoms with E-state index in [-0.39, 0.29) is 0 Å². The molecular weight excluding hydrogens is 266 g/mol. The van der Waals surface area contributed by atoms with Crippen LogP contribution in [0.15, 0.2) is 0 Å². The molecule has 0 saturated carbocycles. The third-order valence-electron chi connectivity index (χ3n) is 3.95. The smallest absolute Gasteiger partial charge is 0.322 e. The molecule has 1 aromatic rings. The van der Waals surface area contributed by atoms with Crippen LogP contribution in [0.3, 0.4) is 0 Å². The second kappa shape index (κ2) is 8.00. The van der Waals surface area contributed by atoms with Crippen molar-refractivity contribution in [3.8, 4) is 6.01 Å². The summed E-state index contributed by atoms with van der Waals surface area (Å²) in [4.78, 5) is 15.4. The molecule has 1 aliphatic rings. The Morgan fingerprint density at radius 2 is 2.05 bits per heavy atom. The van der Waals surface area contributed by atoms with Crippen LogP contribution in [-0.4, -0.2) is 41.7 Å². The van der Waals surface area contributed by atoms with Gasteiger partial charge in [-0.2, -0.15) is 15.0 Å². The third-order valence-corrected chi connectivity index (χ3v) is 3.95. The molecule has 0 aliphatic carbocycles. The molecule has 0 spiro atoms. The zero-order valence-corrected chi connectivity index (χ0v) is 13.4. The average molecular weight is 293 g/mol. The lowest BCUT2D eigenvalue weighted by Crippen LogP contribution is -2.27. The fourth-order valence-corrected chi connectivity index (χ4v) is 2.88. The summed E-state index contributed by atoms with van der Waals surface area (Å²) in [7, 11) is 1.59. The summed E-state index contributed by atoms with van der Waals surface area (Å²) in [5.41, 5.74) is 0. The number of rotatable bonds is 6. The van der Waals surface area contributed by atoms with Crippen LogP contribution in [-0.2, 0) is 0 Å². The van der Waals surface area contributed by atoms with E-state index in [1.54, 1.807) is 7.11 Å². The molecule has 1 atom stereocenters. The minimum Gasteiger partial charge on any atom is -0.467 e. The van der Waals surface area contributed by atoms with Gasteiger partial charge in [-0.3, -0.25) is 0 Å². The minimum absolute atomic E-state index is 0.380. The molecule has 1 fully saturated rings. The predicted octanol–water partition coefficient (Wildman–Crippen LogP) is 2.72. The highest BCUT2D eigenvalue weighted by molar-refractivity contribution is 5.38. The molecule has 2 rings (SSSR count). The lowest BCUT2D eigenvalue weighted by molar-refractivity contribution is 0.378. The Kier molecular flexibility index (Phi) is 6.02. The van der Waals surface area contributed by atoms with Crippen LogP contribution in [0.4, 0.5) is 11.9 Å². The number of anilines is 2. The lowest BCUT2D eigenvalue weighted by Gasteiger charge is -2.21. The first-order valence-electron chi connectivity index (χ1n) is 8.05. The Bertz CT molecular complexity index is 440. The molecule has 1 aromatic heterocycles. The van der Waals surface area contributed by atoms with Gasteiger partial charge in [-0.05, 0) is 32.1 Å². The van der Waals surface area contributed by atoms with Crippen LogP contribution < -0.4 is 15.0 Å². The van der Waals surface area contributed by atoms with E-state index < -0.39 is 0 Å². The summed E-state index contributed by atoms with van der Waals surface area (Å²) in [5, 5.41) is 3.14. The zero-order chi connectivity index (χ0) is 15.1. The maximum absolute atomic E-state index is 5.19. The van der Waals surface area contributed by atoms with Crippen molar-refractivity contribution in [1.29, 1.82) is 0 Å². The van der Waals surface area contributed by atoms with Gasteiger partial charge in [-0.25, -0.2) is 0 Å². The summed E-state index contributed by atoms with van der Waals surface area (Å²) in [5.74, 6) is 2.17. The molecule has 2 heterocycles. The second-order valence-corrected chi connectivity index (χ2v) is 5.55. The van der Waals surface area contributed by atoms with E-state index in [0.717, 1.165) is 31.5 Å². The van der Waals surface area contributed by atoms with E-state index in [4.69, 9.17) is 4.74 Å². The van der Waals surface area contributed by atoms with Crippen LogP contribution in [0.5, 0.6) is 6.01 Å². The number of nitrogens with zero attached hydrogens (tertiary/aromatic N) is 4. The van der Waals surface area contributed by atoms with Crippen molar-refractivity contribution >= 4 is 11.9 Å². The van der Waals surface area contributed by atoms with Crippen LogP contribution in [0.25, 0.3) is 0 Å². The number of hydrogen-bond acceptors (Lipinski definition) is 6. The fourth-order valence-electron chi connectivity index (χ4n) is 2.88. The van der Waals surface area contributed by atoms with E-state index in [1.807, 2.05) is 6.92 Å². The first-order valence-corrected chi connectivity index (χ1v) is 8.05. The topological polar surface area (TPSA) is 63.2 Å². The number of aromatic nitrogens is 3. The predicted molar refractivity (Wildman–Crippen MR) is 85.0 cm³/mol. The first-order chi connectivity index (χ1) is 10.3. The number of methoxy groups -OCH3 is 1. The summed E-state index contributed by atoms with van der Waals surface area (Å²) < 4.78 is 5.19. The second-order valence-electron chi connectivity index (χ2n) is 5.55. The van der Waals surface area contributed by atoms with Crippen molar-refractivity contribution < 1.29 is 4.74 Å². The van der Waals surface area contributed by atoms with Crippen molar-refractivity contribution in [2.24, 2.45) is 5.92 Å². The zero-order valence-electron chi connectivity index (χ0n) is 13.4. The molecule has 1 saturated heterocycles. The highest BCUT2D eigenvalue weighted by Crippen LogP contribution is 2.24.